The summed E-state index contributed by atoms with van der Waals surface area (Å²) >= 11 is 12.3. The average molecular weight is 320 g/mol. The van der Waals surface area contributed by atoms with E-state index >= 15 is 0 Å². The summed E-state index contributed by atoms with van der Waals surface area (Å²) in [6.07, 6.45) is 2.61. The van der Waals surface area contributed by atoms with Crippen LogP contribution in [0.5, 0.6) is 0 Å². The van der Waals surface area contributed by atoms with Crippen molar-refractivity contribution in [1.82, 2.24) is 14.5 Å². The molecule has 0 N–H and O–H groups in total. The fraction of sp³-hybridized carbons (Fsp3) is 0.250. The monoisotopic (exact) mass is 319 g/mol. The van der Waals surface area contributed by atoms with E-state index in [0.29, 0.717) is 23.9 Å². The lowest BCUT2D eigenvalue weighted by molar-refractivity contribution is 0.751. The first kappa shape index (κ1) is 14.4. The maximum atomic E-state index is 6.36. The van der Waals surface area contributed by atoms with Crippen LogP contribution >= 0.6 is 23.2 Å². The van der Waals surface area contributed by atoms with Crippen LogP contribution in [0.1, 0.15) is 17.1 Å². The molecule has 0 aliphatic heterocycles. The van der Waals surface area contributed by atoms with Crippen LogP contribution in [0, 0.1) is 6.92 Å². The van der Waals surface area contributed by atoms with Crippen LogP contribution in [-0.2, 0) is 13.0 Å². The first-order chi connectivity index (χ1) is 10.2. The van der Waals surface area contributed by atoms with E-state index in [-0.39, 0.29) is 0 Å². The molecule has 0 aliphatic rings. The van der Waals surface area contributed by atoms with E-state index in [4.69, 9.17) is 23.2 Å². The number of pyridine rings is 1. The van der Waals surface area contributed by atoms with Crippen LogP contribution in [-0.4, -0.2) is 20.4 Å². The number of rotatable bonds is 4. The van der Waals surface area contributed by atoms with Gasteiger partial charge in [-0.15, -0.1) is 11.6 Å². The van der Waals surface area contributed by atoms with Crippen LogP contribution in [0.15, 0.2) is 36.5 Å². The Morgan fingerprint density at radius 3 is 2.76 bits per heavy atom. The van der Waals surface area contributed by atoms with Crippen molar-refractivity contribution >= 4 is 34.2 Å². The third-order valence-electron chi connectivity index (χ3n) is 3.43. The maximum absolute atomic E-state index is 6.36. The first-order valence-electron chi connectivity index (χ1n) is 6.80. The smallest absolute Gasteiger partial charge is 0.111 e. The lowest BCUT2D eigenvalue weighted by Gasteiger charge is -2.09. The summed E-state index contributed by atoms with van der Waals surface area (Å²) in [6, 6.07) is 9.87. The van der Waals surface area contributed by atoms with Crippen LogP contribution < -0.4 is 0 Å². The van der Waals surface area contributed by atoms with E-state index in [1.807, 2.05) is 37.4 Å². The summed E-state index contributed by atoms with van der Waals surface area (Å²) in [7, 11) is 0. The van der Waals surface area contributed by atoms with Gasteiger partial charge in [-0.2, -0.15) is 0 Å². The molecule has 2 aromatic heterocycles. The summed E-state index contributed by atoms with van der Waals surface area (Å²) in [5, 5.41) is 0.709. The molecule has 0 aliphatic carbocycles. The van der Waals surface area contributed by atoms with E-state index < -0.39 is 0 Å². The molecule has 2 heterocycles. The molecule has 3 aromatic rings. The Labute approximate surface area is 133 Å². The number of aryl methyl sites for hydroxylation is 2. The largest absolute Gasteiger partial charge is 0.322 e. The van der Waals surface area contributed by atoms with Gasteiger partial charge in [0.25, 0.3) is 0 Å². The van der Waals surface area contributed by atoms with Crippen LogP contribution in [0.3, 0.4) is 0 Å². The van der Waals surface area contributed by atoms with Crippen molar-refractivity contribution in [3.8, 4) is 0 Å². The summed E-state index contributed by atoms with van der Waals surface area (Å²) < 4.78 is 2.13. The molecule has 3 rings (SSSR count). The van der Waals surface area contributed by atoms with Gasteiger partial charge in [0.2, 0.25) is 0 Å². The van der Waals surface area contributed by atoms with Crippen molar-refractivity contribution < 1.29 is 0 Å². The number of halogens is 2. The molecule has 0 saturated heterocycles. The number of alkyl halides is 1. The highest BCUT2D eigenvalue weighted by Gasteiger charge is 2.13. The van der Waals surface area contributed by atoms with Crippen molar-refractivity contribution in [2.45, 2.75) is 19.9 Å². The topological polar surface area (TPSA) is 30.7 Å². The Morgan fingerprint density at radius 1 is 1.19 bits per heavy atom. The zero-order chi connectivity index (χ0) is 14.8. The first-order valence-corrected chi connectivity index (χ1v) is 7.71. The third kappa shape index (κ3) is 2.89. The Balaban J connectivity index is 2.10. The molecular weight excluding hydrogens is 305 g/mol. The standard InChI is InChI=1S/C16H15Cl2N3/c1-11-5-6-12(9-19-11)10-21-15(7-8-17)20-14-4-2-3-13(18)16(14)21/h2-6,9H,7-8,10H2,1H3. The molecule has 5 heteroatoms. The van der Waals surface area contributed by atoms with Gasteiger partial charge in [0.05, 0.1) is 22.6 Å². The van der Waals surface area contributed by atoms with Gasteiger partial charge in [0.15, 0.2) is 0 Å². The molecule has 21 heavy (non-hydrogen) atoms. The predicted molar refractivity (Wildman–Crippen MR) is 87.2 cm³/mol. The summed E-state index contributed by atoms with van der Waals surface area (Å²) in [6.45, 7) is 2.67. The lowest BCUT2D eigenvalue weighted by Crippen LogP contribution is -2.06. The molecule has 108 valence electrons. The van der Waals surface area contributed by atoms with Crippen molar-refractivity contribution in [2.24, 2.45) is 0 Å². The fourth-order valence-electron chi connectivity index (χ4n) is 2.41. The van der Waals surface area contributed by atoms with Gasteiger partial charge in [-0.05, 0) is 30.7 Å². The Morgan fingerprint density at radius 2 is 2.05 bits per heavy atom. The highest BCUT2D eigenvalue weighted by molar-refractivity contribution is 6.35. The zero-order valence-corrected chi connectivity index (χ0v) is 13.2. The van der Waals surface area contributed by atoms with Gasteiger partial charge >= 0.3 is 0 Å². The number of hydrogen-bond acceptors (Lipinski definition) is 2. The highest BCUT2D eigenvalue weighted by Crippen LogP contribution is 2.26. The molecule has 0 saturated carbocycles. The minimum Gasteiger partial charge on any atom is -0.322 e. The van der Waals surface area contributed by atoms with Crippen molar-refractivity contribution in [2.75, 3.05) is 5.88 Å². The number of hydrogen-bond donors (Lipinski definition) is 0. The Bertz CT molecular complexity index is 763. The minimum atomic E-state index is 0.535. The van der Waals surface area contributed by atoms with Gasteiger partial charge in [0, 0.05) is 24.2 Å². The second kappa shape index (κ2) is 6.04. The summed E-state index contributed by atoms with van der Waals surface area (Å²) in [5.41, 5.74) is 3.99. The molecule has 0 unspecified atom stereocenters. The Hall–Kier alpha value is -1.58. The van der Waals surface area contributed by atoms with E-state index in [1.165, 1.54) is 0 Å². The van der Waals surface area contributed by atoms with Crippen molar-refractivity contribution in [3.05, 3.63) is 58.6 Å². The quantitative estimate of drug-likeness (QED) is 0.674. The fourth-order valence-corrected chi connectivity index (χ4v) is 2.85. The molecule has 0 radical (unpaired) electrons. The van der Waals surface area contributed by atoms with Gasteiger partial charge in [-0.3, -0.25) is 4.98 Å². The van der Waals surface area contributed by atoms with Crippen molar-refractivity contribution in [1.29, 1.82) is 0 Å². The molecule has 0 bridgehead atoms. The molecule has 3 nitrogen and oxygen atoms in total. The third-order valence-corrected chi connectivity index (χ3v) is 3.92. The highest BCUT2D eigenvalue weighted by atomic mass is 35.5. The summed E-state index contributed by atoms with van der Waals surface area (Å²) in [4.78, 5) is 9.00. The van der Waals surface area contributed by atoms with E-state index in [1.54, 1.807) is 0 Å². The van der Waals surface area contributed by atoms with E-state index in [0.717, 1.165) is 28.1 Å². The zero-order valence-electron chi connectivity index (χ0n) is 11.7. The van der Waals surface area contributed by atoms with Crippen LogP contribution in [0.4, 0.5) is 0 Å². The number of fused-ring (bicyclic) bond motifs is 1. The molecule has 1 aromatic carbocycles. The molecular formula is C16H15Cl2N3. The second-order valence-corrected chi connectivity index (χ2v) is 5.75. The van der Waals surface area contributed by atoms with Gasteiger partial charge in [-0.25, -0.2) is 4.98 Å². The molecule has 0 spiro atoms. The number of benzene rings is 1. The van der Waals surface area contributed by atoms with Crippen LogP contribution in [0.25, 0.3) is 11.0 Å². The maximum Gasteiger partial charge on any atom is 0.111 e. The molecule has 0 atom stereocenters. The molecule has 0 amide bonds. The number of nitrogens with zero attached hydrogens (tertiary/aromatic N) is 3. The minimum absolute atomic E-state index is 0.535. The molecule has 0 fully saturated rings. The van der Waals surface area contributed by atoms with Gasteiger partial charge < -0.3 is 4.57 Å². The van der Waals surface area contributed by atoms with E-state index in [2.05, 4.69) is 20.6 Å². The number of imidazole rings is 1. The normalized spacial score (nSPS) is 11.2. The number of aromatic nitrogens is 3. The number of para-hydroxylation sites is 1. The Kier molecular flexibility index (Phi) is 4.13. The van der Waals surface area contributed by atoms with Gasteiger partial charge in [0.1, 0.15) is 5.82 Å². The second-order valence-electron chi connectivity index (χ2n) is 4.97. The van der Waals surface area contributed by atoms with Gasteiger partial charge in [-0.1, -0.05) is 23.7 Å². The SMILES string of the molecule is Cc1ccc(Cn2c(CCCl)nc3cccc(Cl)c32)cn1. The predicted octanol–water partition coefficient (Wildman–Crippen LogP) is 4.22. The lowest BCUT2D eigenvalue weighted by atomic mass is 10.2. The van der Waals surface area contributed by atoms with E-state index in [9.17, 15) is 0 Å². The summed E-state index contributed by atoms with van der Waals surface area (Å²) in [5.74, 6) is 1.49. The van der Waals surface area contributed by atoms with Crippen LogP contribution in [0.2, 0.25) is 5.02 Å². The van der Waals surface area contributed by atoms with Crippen molar-refractivity contribution in [3.63, 3.8) is 0 Å². The average Bonchev–Trinajstić information content (AvgIpc) is 2.81.